The lowest BCUT2D eigenvalue weighted by Gasteiger charge is -2.33. The topological polar surface area (TPSA) is 103 Å². The van der Waals surface area contributed by atoms with Gasteiger partial charge in [-0.25, -0.2) is 13.8 Å². The number of fused-ring (bicyclic) bond motifs is 1. The van der Waals surface area contributed by atoms with E-state index in [9.17, 15) is 4.39 Å². The monoisotopic (exact) mass is 552 g/mol. The van der Waals surface area contributed by atoms with Crippen LogP contribution in [0.1, 0.15) is 23.2 Å². The van der Waals surface area contributed by atoms with E-state index in [-0.39, 0.29) is 18.0 Å². The highest BCUT2D eigenvalue weighted by Gasteiger charge is 2.33. The third kappa shape index (κ3) is 5.19. The highest BCUT2D eigenvalue weighted by atomic mass is 35.5. The molecule has 0 radical (unpaired) electrons. The molecule has 4 N–H and O–H groups in total. The van der Waals surface area contributed by atoms with Gasteiger partial charge in [0, 0.05) is 11.3 Å². The van der Waals surface area contributed by atoms with E-state index in [2.05, 4.69) is 15.6 Å². The quantitative estimate of drug-likeness (QED) is 0.237. The molecule has 1 unspecified atom stereocenters. The van der Waals surface area contributed by atoms with E-state index >= 15 is 4.39 Å². The van der Waals surface area contributed by atoms with Crippen molar-refractivity contribution >= 4 is 29.3 Å². The summed E-state index contributed by atoms with van der Waals surface area (Å²) in [5, 5.41) is 6.42. The number of anilines is 2. The third-order valence-electron chi connectivity index (χ3n) is 6.30. The van der Waals surface area contributed by atoms with Crippen LogP contribution in [0, 0.1) is 11.6 Å². The zero-order valence-corrected chi connectivity index (χ0v) is 21.2. The molecule has 6 rings (SSSR count). The molecule has 11 heteroatoms. The van der Waals surface area contributed by atoms with Crippen molar-refractivity contribution in [2.75, 3.05) is 23.8 Å². The van der Waals surface area contributed by atoms with Gasteiger partial charge in [0.05, 0.1) is 35.8 Å². The van der Waals surface area contributed by atoms with Gasteiger partial charge in [0.15, 0.2) is 5.76 Å². The average Bonchev–Trinajstić information content (AvgIpc) is 3.61. The molecule has 4 aromatic rings. The molecule has 0 aliphatic carbocycles. The zero-order chi connectivity index (χ0) is 27.0. The summed E-state index contributed by atoms with van der Waals surface area (Å²) in [5.74, 6) is -1.14. The number of benzene rings is 3. The summed E-state index contributed by atoms with van der Waals surface area (Å²) in [4.78, 5) is 4.39. The van der Waals surface area contributed by atoms with Gasteiger partial charge in [0.25, 0.3) is 0 Å². The van der Waals surface area contributed by atoms with Crippen LogP contribution in [0.2, 0.25) is 5.02 Å². The molecule has 0 amide bonds. The Bertz CT molecular complexity index is 1560. The molecule has 1 atom stereocenters. The number of hydrogen-bond donors (Lipinski definition) is 3. The van der Waals surface area contributed by atoms with Crippen molar-refractivity contribution in [1.29, 1.82) is 0 Å². The van der Waals surface area contributed by atoms with Gasteiger partial charge in [0.2, 0.25) is 12.1 Å². The van der Waals surface area contributed by atoms with Crippen LogP contribution in [-0.4, -0.2) is 19.6 Å². The first kappa shape index (κ1) is 25.3. The Balaban J connectivity index is 1.24. The van der Waals surface area contributed by atoms with Crippen molar-refractivity contribution in [3.63, 3.8) is 0 Å². The fraction of sp³-hybridized carbons (Fsp3) is 0.179. The second-order valence-electron chi connectivity index (χ2n) is 9.01. The summed E-state index contributed by atoms with van der Waals surface area (Å²) >= 11 is 6.46. The molecule has 3 heterocycles. The van der Waals surface area contributed by atoms with Crippen LogP contribution in [0.5, 0.6) is 5.75 Å². The van der Waals surface area contributed by atoms with Crippen LogP contribution >= 0.6 is 11.6 Å². The predicted molar refractivity (Wildman–Crippen MR) is 143 cm³/mol. The Morgan fingerprint density at radius 3 is 2.72 bits per heavy atom. The van der Waals surface area contributed by atoms with Crippen molar-refractivity contribution in [3.05, 3.63) is 100 Å². The van der Waals surface area contributed by atoms with E-state index < -0.39 is 17.9 Å². The van der Waals surface area contributed by atoms with Gasteiger partial charge in [-0.2, -0.15) is 0 Å². The van der Waals surface area contributed by atoms with Crippen LogP contribution in [0.15, 0.2) is 76.1 Å². The van der Waals surface area contributed by atoms with Gasteiger partial charge in [-0.15, -0.1) is 0 Å². The minimum Gasteiger partial charge on any atom is -0.487 e. The Kier molecular flexibility index (Phi) is 6.69. The number of hydrogen-bond acceptors (Lipinski definition) is 8. The van der Waals surface area contributed by atoms with Crippen molar-refractivity contribution in [2.24, 2.45) is 10.7 Å². The van der Waals surface area contributed by atoms with Gasteiger partial charge in [0.1, 0.15) is 29.8 Å². The summed E-state index contributed by atoms with van der Waals surface area (Å²) in [6, 6.07) is 17.4. The normalized spacial score (nSPS) is 18.6. The molecule has 1 aromatic heterocycles. The number of nitrogens with two attached hydrogens (primary N) is 1. The van der Waals surface area contributed by atoms with Crippen LogP contribution < -0.4 is 21.1 Å². The molecule has 0 saturated carbocycles. The second-order valence-corrected chi connectivity index (χ2v) is 9.42. The van der Waals surface area contributed by atoms with E-state index in [1.165, 1.54) is 24.5 Å². The summed E-state index contributed by atoms with van der Waals surface area (Å²) in [7, 11) is 0. The molecular formula is C28H23ClF2N4O4. The second kappa shape index (κ2) is 10.3. The van der Waals surface area contributed by atoms with Crippen LogP contribution in [0.25, 0.3) is 11.3 Å². The molecule has 1 saturated heterocycles. The largest absolute Gasteiger partial charge is 0.487 e. The highest BCUT2D eigenvalue weighted by Crippen LogP contribution is 2.39. The van der Waals surface area contributed by atoms with E-state index in [0.29, 0.717) is 58.0 Å². The van der Waals surface area contributed by atoms with E-state index in [1.807, 2.05) is 0 Å². The Morgan fingerprint density at radius 1 is 1.08 bits per heavy atom. The van der Waals surface area contributed by atoms with Crippen LogP contribution in [0.4, 0.5) is 20.2 Å². The number of nitrogens with one attached hydrogen (secondary N) is 2. The first-order valence-corrected chi connectivity index (χ1v) is 12.5. The molecule has 1 fully saturated rings. The maximum atomic E-state index is 15.1. The smallest absolute Gasteiger partial charge is 0.217 e. The number of nitrogens with zero attached hydrogens (tertiary/aromatic N) is 1. The zero-order valence-electron chi connectivity index (χ0n) is 20.4. The Labute approximate surface area is 227 Å². The number of aliphatic imine (C=N–C) groups is 1. The average molecular weight is 553 g/mol. The van der Waals surface area contributed by atoms with E-state index in [0.717, 1.165) is 0 Å². The standard InChI is InChI=1S/C28H23ClF2N4O4/c29-21-11-18(4-5-25(21)38-14-16-2-1-3-17(30)10-16)35-28(32)20-12-19(22(31)13-23(20)33-15-34-28)24-6-7-26(39-24)27-36-8-9-37-27/h1-7,10-13,15,27,35H,8-9,14,32H2,(H,33,34). The highest BCUT2D eigenvalue weighted by molar-refractivity contribution is 6.32. The molecule has 3 aromatic carbocycles. The SMILES string of the molecule is NC1(Nc2ccc(OCc3cccc(F)c3)c(Cl)c2)N=CNc2cc(F)c(-c3ccc(C4OCCO4)o3)cc21. The minimum absolute atomic E-state index is 0.149. The van der Waals surface area contributed by atoms with Gasteiger partial charge < -0.3 is 29.3 Å². The fourth-order valence-corrected chi connectivity index (χ4v) is 4.66. The van der Waals surface area contributed by atoms with E-state index in [4.69, 9.17) is 36.0 Å². The number of ether oxygens (including phenoxy) is 3. The Hall–Kier alpha value is -3.96. The maximum absolute atomic E-state index is 15.1. The molecule has 200 valence electrons. The van der Waals surface area contributed by atoms with Crippen molar-refractivity contribution in [3.8, 4) is 17.1 Å². The summed E-state index contributed by atoms with van der Waals surface area (Å²) in [5.41, 5.74) is 9.03. The molecule has 39 heavy (non-hydrogen) atoms. The van der Waals surface area contributed by atoms with Gasteiger partial charge in [-0.3, -0.25) is 5.73 Å². The first-order valence-electron chi connectivity index (χ1n) is 12.1. The molecule has 2 aliphatic rings. The van der Waals surface area contributed by atoms with Gasteiger partial charge in [-0.05, 0) is 60.2 Å². The number of furan rings is 1. The summed E-state index contributed by atoms with van der Waals surface area (Å²) < 4.78 is 51.1. The van der Waals surface area contributed by atoms with Crippen molar-refractivity contribution < 1.29 is 27.4 Å². The van der Waals surface area contributed by atoms with E-state index in [1.54, 1.807) is 48.5 Å². The fourth-order valence-electron chi connectivity index (χ4n) is 4.42. The lowest BCUT2D eigenvalue weighted by atomic mass is 9.99. The molecule has 0 bridgehead atoms. The van der Waals surface area contributed by atoms with Crippen molar-refractivity contribution in [2.45, 2.75) is 18.7 Å². The number of halogens is 3. The molecule has 2 aliphatic heterocycles. The minimum atomic E-state index is -1.45. The lowest BCUT2D eigenvalue weighted by Crippen LogP contribution is -2.45. The van der Waals surface area contributed by atoms with Crippen LogP contribution in [-0.2, 0) is 21.9 Å². The lowest BCUT2D eigenvalue weighted by molar-refractivity contribution is -0.0585. The molecule has 0 spiro atoms. The molecule has 8 nitrogen and oxygen atoms in total. The predicted octanol–water partition coefficient (Wildman–Crippen LogP) is 6.14. The maximum Gasteiger partial charge on any atom is 0.217 e. The number of rotatable bonds is 7. The Morgan fingerprint density at radius 2 is 1.92 bits per heavy atom. The molecular weight excluding hydrogens is 530 g/mol. The van der Waals surface area contributed by atoms with Gasteiger partial charge in [-0.1, -0.05) is 23.7 Å². The third-order valence-corrected chi connectivity index (χ3v) is 6.60. The summed E-state index contributed by atoms with van der Waals surface area (Å²) in [6.45, 7) is 1.07. The van der Waals surface area contributed by atoms with Gasteiger partial charge >= 0.3 is 0 Å². The van der Waals surface area contributed by atoms with Crippen molar-refractivity contribution in [1.82, 2.24) is 0 Å². The first-order chi connectivity index (χ1) is 18.9. The summed E-state index contributed by atoms with van der Waals surface area (Å²) in [6.07, 6.45) is 0.776. The van der Waals surface area contributed by atoms with Crippen LogP contribution in [0.3, 0.4) is 0 Å².